The maximum atomic E-state index is 10.9. The van der Waals surface area contributed by atoms with Gasteiger partial charge >= 0.3 is 5.97 Å². The molecule has 1 aromatic carbocycles. The van der Waals surface area contributed by atoms with Gasteiger partial charge in [-0.3, -0.25) is 9.78 Å². The number of nitrogens with one attached hydrogen (secondary N) is 1. The lowest BCUT2D eigenvalue weighted by atomic mass is 10.1. The van der Waals surface area contributed by atoms with Crippen LogP contribution in [-0.2, 0) is 11.2 Å². The SMILES string of the molecule is CC.CC.Cc1cccc(Nc2nc(-c3ccncc3)c(CCC(=O)O)s2)c1. The summed E-state index contributed by atoms with van der Waals surface area (Å²) in [5, 5.41) is 13.0. The standard InChI is InChI=1S/C18H17N3O2S.2C2H6/c1-12-3-2-4-14(11-12)20-18-21-17(13-7-9-19-10-8-13)15(24-18)5-6-16(22)23;2*1-2/h2-4,7-11H,5-6H2,1H3,(H,20,21)(H,22,23);2*1-2H3. The number of hydrogen-bond acceptors (Lipinski definition) is 5. The maximum absolute atomic E-state index is 10.9. The van der Waals surface area contributed by atoms with Crippen LogP contribution < -0.4 is 5.32 Å². The third-order valence-electron chi connectivity index (χ3n) is 3.49. The molecule has 0 saturated carbocycles. The first-order chi connectivity index (χ1) is 13.6. The summed E-state index contributed by atoms with van der Waals surface area (Å²) >= 11 is 1.49. The van der Waals surface area contributed by atoms with Crippen LogP contribution in [0.15, 0.2) is 48.8 Å². The molecule has 3 aromatic rings. The lowest BCUT2D eigenvalue weighted by Crippen LogP contribution is -1.97. The number of hydrogen-bond donors (Lipinski definition) is 2. The highest BCUT2D eigenvalue weighted by atomic mass is 32.1. The van der Waals surface area contributed by atoms with Gasteiger partial charge in [0.1, 0.15) is 0 Å². The summed E-state index contributed by atoms with van der Waals surface area (Å²) in [7, 11) is 0. The molecule has 0 aliphatic rings. The number of carboxylic acid groups (broad SMARTS) is 1. The maximum Gasteiger partial charge on any atom is 0.303 e. The molecule has 2 N–H and O–H groups in total. The average molecular weight is 400 g/mol. The second-order valence-electron chi connectivity index (χ2n) is 5.41. The van der Waals surface area contributed by atoms with E-state index >= 15 is 0 Å². The lowest BCUT2D eigenvalue weighted by Gasteiger charge is -2.02. The molecule has 0 unspecified atom stereocenters. The highest BCUT2D eigenvalue weighted by molar-refractivity contribution is 7.16. The highest BCUT2D eigenvalue weighted by Gasteiger charge is 2.14. The zero-order chi connectivity index (χ0) is 20.9. The van der Waals surface area contributed by atoms with Crippen LogP contribution in [0.3, 0.4) is 0 Å². The van der Waals surface area contributed by atoms with E-state index in [2.05, 4.69) is 15.3 Å². The minimum atomic E-state index is -0.808. The molecule has 0 saturated heterocycles. The van der Waals surface area contributed by atoms with E-state index in [9.17, 15) is 4.79 Å². The van der Waals surface area contributed by atoms with Gasteiger partial charge in [-0.2, -0.15) is 0 Å². The Hall–Kier alpha value is -2.73. The number of benzene rings is 1. The summed E-state index contributed by atoms with van der Waals surface area (Å²) in [5.41, 5.74) is 3.89. The van der Waals surface area contributed by atoms with Crippen molar-refractivity contribution in [3.05, 3.63) is 59.2 Å². The van der Waals surface area contributed by atoms with Gasteiger partial charge < -0.3 is 10.4 Å². The molecule has 0 aliphatic carbocycles. The van der Waals surface area contributed by atoms with Crippen molar-refractivity contribution >= 4 is 28.1 Å². The van der Waals surface area contributed by atoms with E-state index in [1.807, 2.05) is 71.0 Å². The van der Waals surface area contributed by atoms with Crippen molar-refractivity contribution in [2.45, 2.75) is 47.5 Å². The second-order valence-corrected chi connectivity index (χ2v) is 6.50. The summed E-state index contributed by atoms with van der Waals surface area (Å²) < 4.78 is 0. The summed E-state index contributed by atoms with van der Waals surface area (Å²) in [6.45, 7) is 10.0. The van der Waals surface area contributed by atoms with Gasteiger partial charge in [-0.25, -0.2) is 4.98 Å². The van der Waals surface area contributed by atoms with Crippen molar-refractivity contribution in [2.24, 2.45) is 0 Å². The van der Waals surface area contributed by atoms with Crippen LogP contribution in [-0.4, -0.2) is 21.0 Å². The Labute approximate surface area is 171 Å². The molecule has 3 rings (SSSR count). The van der Waals surface area contributed by atoms with Crippen LogP contribution in [0.25, 0.3) is 11.3 Å². The Bertz CT molecular complexity index is 848. The minimum absolute atomic E-state index is 0.0875. The lowest BCUT2D eigenvalue weighted by molar-refractivity contribution is -0.136. The normalized spacial score (nSPS) is 9.46. The van der Waals surface area contributed by atoms with Crippen molar-refractivity contribution in [1.29, 1.82) is 0 Å². The number of aryl methyl sites for hydroxylation is 2. The number of pyridine rings is 1. The van der Waals surface area contributed by atoms with Gasteiger partial charge in [0.25, 0.3) is 0 Å². The van der Waals surface area contributed by atoms with Gasteiger partial charge in [-0.15, -0.1) is 11.3 Å². The van der Waals surface area contributed by atoms with Crippen LogP contribution in [0.5, 0.6) is 0 Å². The molecule has 0 fully saturated rings. The van der Waals surface area contributed by atoms with Crippen LogP contribution in [0.1, 0.15) is 44.6 Å². The summed E-state index contributed by atoms with van der Waals surface area (Å²) in [5.74, 6) is -0.808. The van der Waals surface area contributed by atoms with Crippen LogP contribution >= 0.6 is 11.3 Å². The van der Waals surface area contributed by atoms with Crippen molar-refractivity contribution in [1.82, 2.24) is 9.97 Å². The van der Waals surface area contributed by atoms with Gasteiger partial charge in [0.15, 0.2) is 5.13 Å². The van der Waals surface area contributed by atoms with Gasteiger partial charge in [0, 0.05) is 28.5 Å². The van der Waals surface area contributed by atoms with E-state index in [4.69, 9.17) is 5.11 Å². The predicted molar refractivity (Wildman–Crippen MR) is 118 cm³/mol. The van der Waals surface area contributed by atoms with Crippen molar-refractivity contribution in [2.75, 3.05) is 5.32 Å². The molecule has 0 bridgehead atoms. The van der Waals surface area contributed by atoms with E-state index in [1.165, 1.54) is 11.3 Å². The third kappa shape index (κ3) is 7.12. The molecule has 0 aliphatic heterocycles. The topological polar surface area (TPSA) is 75.1 Å². The fraction of sp³-hybridized carbons (Fsp3) is 0.318. The molecule has 28 heavy (non-hydrogen) atoms. The van der Waals surface area contributed by atoms with Crippen LogP contribution in [0.4, 0.5) is 10.8 Å². The Morgan fingerprint density at radius 2 is 1.79 bits per heavy atom. The van der Waals surface area contributed by atoms with Crippen molar-refractivity contribution in [3.63, 3.8) is 0 Å². The first-order valence-electron chi connectivity index (χ1n) is 9.57. The van der Waals surface area contributed by atoms with E-state index in [0.717, 1.165) is 32.5 Å². The number of aliphatic carboxylic acids is 1. The third-order valence-corrected chi connectivity index (χ3v) is 4.52. The molecular formula is C22H29N3O2S. The number of carboxylic acids is 1. The zero-order valence-corrected chi connectivity index (χ0v) is 18.0. The largest absolute Gasteiger partial charge is 0.481 e. The Balaban J connectivity index is 0.000000921. The molecule has 150 valence electrons. The Morgan fingerprint density at radius 1 is 1.11 bits per heavy atom. The number of aromatic nitrogens is 2. The number of thiazole rings is 1. The predicted octanol–water partition coefficient (Wildman–Crippen LogP) is 6.33. The Kier molecular flexibility index (Phi) is 10.5. The summed E-state index contributed by atoms with van der Waals surface area (Å²) in [6.07, 6.45) is 3.97. The average Bonchev–Trinajstić information content (AvgIpc) is 3.13. The number of nitrogens with zero attached hydrogens (tertiary/aromatic N) is 2. The molecule has 0 amide bonds. The van der Waals surface area contributed by atoms with Gasteiger partial charge in [-0.1, -0.05) is 39.8 Å². The van der Waals surface area contributed by atoms with Gasteiger partial charge in [-0.05, 0) is 43.2 Å². The van der Waals surface area contributed by atoms with E-state index < -0.39 is 5.97 Å². The molecule has 2 aromatic heterocycles. The summed E-state index contributed by atoms with van der Waals surface area (Å²) in [4.78, 5) is 20.6. The first-order valence-corrected chi connectivity index (χ1v) is 10.4. The van der Waals surface area contributed by atoms with Crippen LogP contribution in [0, 0.1) is 6.92 Å². The second kappa shape index (κ2) is 12.6. The van der Waals surface area contributed by atoms with Crippen molar-refractivity contribution in [3.8, 4) is 11.3 Å². The smallest absolute Gasteiger partial charge is 0.303 e. The first kappa shape index (κ1) is 23.3. The minimum Gasteiger partial charge on any atom is -0.481 e. The molecule has 0 spiro atoms. The molecule has 5 nitrogen and oxygen atoms in total. The Morgan fingerprint density at radius 3 is 2.39 bits per heavy atom. The highest BCUT2D eigenvalue weighted by Crippen LogP contribution is 2.33. The molecular weight excluding hydrogens is 370 g/mol. The number of rotatable bonds is 6. The monoisotopic (exact) mass is 399 g/mol. The van der Waals surface area contributed by atoms with E-state index in [0.29, 0.717) is 6.42 Å². The molecule has 2 heterocycles. The fourth-order valence-electron chi connectivity index (χ4n) is 2.38. The van der Waals surface area contributed by atoms with E-state index in [1.54, 1.807) is 12.4 Å². The van der Waals surface area contributed by atoms with Gasteiger partial charge in [0.05, 0.1) is 12.1 Å². The number of carbonyl (C=O) groups is 1. The van der Waals surface area contributed by atoms with Gasteiger partial charge in [0.2, 0.25) is 0 Å². The quantitative estimate of drug-likeness (QED) is 0.507. The molecule has 0 radical (unpaired) electrons. The fourth-order valence-corrected chi connectivity index (χ4v) is 3.38. The summed E-state index contributed by atoms with van der Waals surface area (Å²) in [6, 6.07) is 11.8. The molecule has 0 atom stereocenters. The zero-order valence-electron chi connectivity index (χ0n) is 17.2. The van der Waals surface area contributed by atoms with E-state index in [-0.39, 0.29) is 6.42 Å². The number of anilines is 2. The molecule has 6 heteroatoms. The van der Waals surface area contributed by atoms with Crippen LogP contribution in [0.2, 0.25) is 0 Å². The van der Waals surface area contributed by atoms with Crippen molar-refractivity contribution < 1.29 is 9.90 Å².